The first-order chi connectivity index (χ1) is 12.0. The highest BCUT2D eigenvalue weighted by Crippen LogP contribution is 2.09. The highest BCUT2D eigenvalue weighted by atomic mass is 16.3. The van der Waals surface area contributed by atoms with Gasteiger partial charge in [0, 0.05) is 20.1 Å². The Morgan fingerprint density at radius 2 is 1.88 bits per heavy atom. The molecule has 2 N–H and O–H groups in total. The molecule has 2 rings (SSSR count). The molecule has 8 nitrogen and oxygen atoms in total. The van der Waals surface area contributed by atoms with Gasteiger partial charge < -0.3 is 14.8 Å². The smallest absolute Gasteiger partial charge is 0.332 e. The lowest BCUT2D eigenvalue weighted by molar-refractivity contribution is 0.0859. The Morgan fingerprint density at radius 3 is 2.56 bits per heavy atom. The van der Waals surface area contributed by atoms with Gasteiger partial charge in [-0.1, -0.05) is 19.8 Å². The summed E-state index contributed by atoms with van der Waals surface area (Å²) in [6.07, 6.45) is 5.68. The topological polar surface area (TPSA) is 102 Å². The number of aliphatic hydroxyl groups is 2. The van der Waals surface area contributed by atoms with E-state index >= 15 is 0 Å². The van der Waals surface area contributed by atoms with E-state index in [4.69, 9.17) is 5.11 Å². The molecule has 2 heterocycles. The van der Waals surface area contributed by atoms with Crippen LogP contribution in [0.2, 0.25) is 0 Å². The summed E-state index contributed by atoms with van der Waals surface area (Å²) in [6.45, 7) is 2.84. The van der Waals surface area contributed by atoms with Crippen molar-refractivity contribution < 1.29 is 10.2 Å². The zero-order chi connectivity index (χ0) is 18.4. The Bertz CT molecular complexity index is 805. The van der Waals surface area contributed by atoms with Gasteiger partial charge in [0.15, 0.2) is 11.2 Å². The molecule has 2 aromatic rings. The molecule has 0 aliphatic rings. The van der Waals surface area contributed by atoms with Crippen LogP contribution in [0.25, 0.3) is 11.2 Å². The minimum absolute atomic E-state index is 0.238. The quantitative estimate of drug-likeness (QED) is 0.610. The SMILES string of the molecule is CCCCCn1c(=O)c2c(ncn2CCCCC(O)CO)n(C)c1=O. The van der Waals surface area contributed by atoms with Crippen molar-refractivity contribution in [1.29, 1.82) is 0 Å². The highest BCUT2D eigenvalue weighted by Gasteiger charge is 2.15. The van der Waals surface area contributed by atoms with Gasteiger partial charge in [-0.3, -0.25) is 13.9 Å². The van der Waals surface area contributed by atoms with Crippen molar-refractivity contribution in [2.24, 2.45) is 7.05 Å². The Balaban J connectivity index is 2.25. The van der Waals surface area contributed by atoms with Crippen molar-refractivity contribution in [3.8, 4) is 0 Å². The lowest BCUT2D eigenvalue weighted by atomic mass is 10.1. The molecule has 8 heteroatoms. The number of hydrogen-bond acceptors (Lipinski definition) is 5. The van der Waals surface area contributed by atoms with Crippen LogP contribution < -0.4 is 11.2 Å². The third-order valence-corrected chi connectivity index (χ3v) is 4.48. The normalized spacial score (nSPS) is 12.8. The number of rotatable bonds is 10. The molecule has 0 saturated heterocycles. The molecule has 0 saturated carbocycles. The third-order valence-electron chi connectivity index (χ3n) is 4.48. The number of aryl methyl sites for hydroxylation is 2. The van der Waals surface area contributed by atoms with Crippen LogP contribution in [0, 0.1) is 0 Å². The van der Waals surface area contributed by atoms with E-state index in [1.165, 1.54) is 9.13 Å². The van der Waals surface area contributed by atoms with Crippen LogP contribution in [-0.4, -0.2) is 41.6 Å². The molecule has 0 fully saturated rings. The highest BCUT2D eigenvalue weighted by molar-refractivity contribution is 5.69. The van der Waals surface area contributed by atoms with Gasteiger partial charge in [0.2, 0.25) is 0 Å². The molecule has 0 amide bonds. The van der Waals surface area contributed by atoms with Gasteiger partial charge in [0.05, 0.1) is 19.0 Å². The van der Waals surface area contributed by atoms with Gasteiger partial charge in [-0.2, -0.15) is 0 Å². The first-order valence-corrected chi connectivity index (χ1v) is 8.94. The van der Waals surface area contributed by atoms with E-state index in [0.717, 1.165) is 32.1 Å². The number of imidazole rings is 1. The molecule has 0 bridgehead atoms. The molecule has 1 atom stereocenters. The van der Waals surface area contributed by atoms with Gasteiger partial charge in [-0.25, -0.2) is 9.78 Å². The van der Waals surface area contributed by atoms with E-state index < -0.39 is 6.10 Å². The average Bonchev–Trinajstić information content (AvgIpc) is 3.03. The summed E-state index contributed by atoms with van der Waals surface area (Å²) < 4.78 is 4.50. The number of fused-ring (bicyclic) bond motifs is 1. The second kappa shape index (κ2) is 8.96. The number of aliphatic hydroxyl groups excluding tert-OH is 2. The zero-order valence-corrected chi connectivity index (χ0v) is 15.0. The molecular formula is C17H28N4O4. The predicted molar refractivity (Wildman–Crippen MR) is 95.7 cm³/mol. The summed E-state index contributed by atoms with van der Waals surface area (Å²) in [5, 5.41) is 18.2. The van der Waals surface area contributed by atoms with Crippen LogP contribution in [-0.2, 0) is 20.1 Å². The molecule has 140 valence electrons. The molecule has 2 aromatic heterocycles. The van der Waals surface area contributed by atoms with Gasteiger partial charge >= 0.3 is 5.69 Å². The summed E-state index contributed by atoms with van der Waals surface area (Å²) in [4.78, 5) is 29.4. The Hall–Kier alpha value is -1.93. The van der Waals surface area contributed by atoms with Gasteiger partial charge in [0.25, 0.3) is 5.56 Å². The number of nitrogens with zero attached hydrogens (tertiary/aromatic N) is 4. The number of aromatic nitrogens is 4. The van der Waals surface area contributed by atoms with E-state index in [-0.39, 0.29) is 17.9 Å². The van der Waals surface area contributed by atoms with Crippen LogP contribution in [0.15, 0.2) is 15.9 Å². The molecule has 0 aliphatic heterocycles. The van der Waals surface area contributed by atoms with Crippen molar-refractivity contribution in [1.82, 2.24) is 18.7 Å². The van der Waals surface area contributed by atoms with Gasteiger partial charge in [-0.05, 0) is 25.7 Å². The third kappa shape index (κ3) is 4.38. The summed E-state index contributed by atoms with van der Waals surface area (Å²) in [5.74, 6) is 0. The molecule has 0 aromatic carbocycles. The predicted octanol–water partition coefficient (Wildman–Crippen LogP) is 0.610. The summed E-state index contributed by atoms with van der Waals surface area (Å²) in [6, 6.07) is 0. The monoisotopic (exact) mass is 352 g/mol. The van der Waals surface area contributed by atoms with Crippen molar-refractivity contribution in [3.05, 3.63) is 27.2 Å². The van der Waals surface area contributed by atoms with Crippen molar-refractivity contribution >= 4 is 11.2 Å². The lowest BCUT2D eigenvalue weighted by Gasteiger charge is -2.10. The van der Waals surface area contributed by atoms with Crippen LogP contribution in [0.1, 0.15) is 45.4 Å². The molecule has 0 radical (unpaired) electrons. The van der Waals surface area contributed by atoms with Gasteiger partial charge in [-0.15, -0.1) is 0 Å². The Kier molecular flexibility index (Phi) is 6.95. The summed E-state index contributed by atoms with van der Waals surface area (Å²) in [7, 11) is 1.63. The number of hydrogen-bond donors (Lipinski definition) is 2. The fraction of sp³-hybridized carbons (Fsp3) is 0.706. The molecule has 0 spiro atoms. The minimum Gasteiger partial charge on any atom is -0.394 e. The van der Waals surface area contributed by atoms with E-state index in [1.54, 1.807) is 17.9 Å². The summed E-state index contributed by atoms with van der Waals surface area (Å²) >= 11 is 0. The summed E-state index contributed by atoms with van der Waals surface area (Å²) in [5.41, 5.74) is 0.227. The van der Waals surface area contributed by atoms with E-state index in [2.05, 4.69) is 11.9 Å². The maximum Gasteiger partial charge on any atom is 0.332 e. The first-order valence-electron chi connectivity index (χ1n) is 8.94. The van der Waals surface area contributed by atoms with Crippen LogP contribution in [0.4, 0.5) is 0 Å². The minimum atomic E-state index is -0.698. The van der Waals surface area contributed by atoms with Crippen LogP contribution >= 0.6 is 0 Å². The van der Waals surface area contributed by atoms with Crippen molar-refractivity contribution in [3.63, 3.8) is 0 Å². The standard InChI is InChI=1S/C17H28N4O4/c1-3-4-6-10-21-16(24)14-15(19(2)17(21)25)18-12-20(14)9-7-5-8-13(23)11-22/h12-13,22-23H,3-11H2,1-2H3. The maximum atomic E-state index is 12.8. The van der Waals surface area contributed by atoms with E-state index in [1.807, 2.05) is 0 Å². The first kappa shape index (κ1) is 19.4. The second-order valence-electron chi connectivity index (χ2n) is 6.45. The maximum absolute atomic E-state index is 12.8. The lowest BCUT2D eigenvalue weighted by Crippen LogP contribution is -2.39. The van der Waals surface area contributed by atoms with Crippen molar-refractivity contribution in [2.75, 3.05) is 6.61 Å². The Labute approximate surface area is 146 Å². The van der Waals surface area contributed by atoms with E-state index in [9.17, 15) is 14.7 Å². The van der Waals surface area contributed by atoms with Crippen LogP contribution in [0.3, 0.4) is 0 Å². The largest absolute Gasteiger partial charge is 0.394 e. The van der Waals surface area contributed by atoms with Crippen LogP contribution in [0.5, 0.6) is 0 Å². The second-order valence-corrected chi connectivity index (χ2v) is 6.45. The molecular weight excluding hydrogens is 324 g/mol. The molecule has 25 heavy (non-hydrogen) atoms. The molecule has 0 aliphatic carbocycles. The molecule has 1 unspecified atom stereocenters. The fourth-order valence-corrected chi connectivity index (χ4v) is 2.96. The number of unbranched alkanes of at least 4 members (excludes halogenated alkanes) is 3. The van der Waals surface area contributed by atoms with Gasteiger partial charge in [0.1, 0.15) is 0 Å². The Morgan fingerprint density at radius 1 is 1.16 bits per heavy atom. The average molecular weight is 352 g/mol. The van der Waals surface area contributed by atoms with E-state index in [0.29, 0.717) is 30.7 Å². The fourth-order valence-electron chi connectivity index (χ4n) is 2.96. The van der Waals surface area contributed by atoms with Crippen molar-refractivity contribution in [2.45, 2.75) is 64.6 Å². The zero-order valence-electron chi connectivity index (χ0n) is 15.0.